The number of hydrogen-bond acceptors (Lipinski definition) is 3. The van der Waals surface area contributed by atoms with E-state index in [2.05, 4.69) is 22.5 Å². The van der Waals surface area contributed by atoms with Crippen molar-refractivity contribution in [2.45, 2.75) is 26.2 Å². The monoisotopic (exact) mass is 233 g/mol. The van der Waals surface area contributed by atoms with E-state index in [0.29, 0.717) is 0 Å². The highest BCUT2D eigenvalue weighted by Crippen LogP contribution is 2.32. The fourth-order valence-electron chi connectivity index (χ4n) is 2.44. The molecule has 1 aromatic heterocycles. The lowest BCUT2D eigenvalue weighted by molar-refractivity contribution is -0.125. The Kier molecular flexibility index (Phi) is 3.74. The molecule has 92 valence electrons. The maximum atomic E-state index is 12.3. The lowest BCUT2D eigenvalue weighted by atomic mass is 9.81. The Balaban J connectivity index is 2.07. The van der Waals surface area contributed by atoms with Gasteiger partial charge in [-0.15, -0.1) is 0 Å². The number of pyridine rings is 1. The summed E-state index contributed by atoms with van der Waals surface area (Å²) in [6.45, 7) is 3.84. The number of aromatic nitrogens is 1. The van der Waals surface area contributed by atoms with Crippen LogP contribution in [-0.4, -0.2) is 24.0 Å². The zero-order valence-corrected chi connectivity index (χ0v) is 10.2. The van der Waals surface area contributed by atoms with Crippen LogP contribution in [0.1, 0.15) is 26.2 Å². The van der Waals surface area contributed by atoms with Crippen molar-refractivity contribution in [3.8, 4) is 0 Å². The SMILES string of the molecule is CCCC1(C(=O)Nc2cccnc2)CCNC1. The molecule has 0 aromatic carbocycles. The molecule has 0 aliphatic carbocycles. The highest BCUT2D eigenvalue weighted by Gasteiger charge is 2.40. The first kappa shape index (κ1) is 12.0. The minimum Gasteiger partial charge on any atom is -0.324 e. The highest BCUT2D eigenvalue weighted by atomic mass is 16.2. The van der Waals surface area contributed by atoms with Crippen molar-refractivity contribution in [2.24, 2.45) is 5.41 Å². The van der Waals surface area contributed by atoms with Gasteiger partial charge in [-0.1, -0.05) is 13.3 Å². The molecule has 17 heavy (non-hydrogen) atoms. The van der Waals surface area contributed by atoms with E-state index >= 15 is 0 Å². The zero-order valence-electron chi connectivity index (χ0n) is 10.2. The van der Waals surface area contributed by atoms with E-state index in [1.807, 2.05) is 12.1 Å². The number of amides is 1. The third-order valence-corrected chi connectivity index (χ3v) is 3.37. The van der Waals surface area contributed by atoms with Crippen LogP contribution < -0.4 is 10.6 Å². The van der Waals surface area contributed by atoms with Gasteiger partial charge in [0.1, 0.15) is 0 Å². The largest absolute Gasteiger partial charge is 0.324 e. The maximum Gasteiger partial charge on any atom is 0.231 e. The van der Waals surface area contributed by atoms with E-state index in [4.69, 9.17) is 0 Å². The second-order valence-electron chi connectivity index (χ2n) is 4.65. The molecular formula is C13H19N3O. The van der Waals surface area contributed by atoms with Gasteiger partial charge in [0.2, 0.25) is 5.91 Å². The van der Waals surface area contributed by atoms with Gasteiger partial charge in [-0.25, -0.2) is 0 Å². The first-order valence-corrected chi connectivity index (χ1v) is 6.19. The van der Waals surface area contributed by atoms with Crippen LogP contribution in [-0.2, 0) is 4.79 Å². The van der Waals surface area contributed by atoms with Crippen molar-refractivity contribution in [1.82, 2.24) is 10.3 Å². The second kappa shape index (κ2) is 5.27. The number of anilines is 1. The van der Waals surface area contributed by atoms with E-state index in [1.54, 1.807) is 12.4 Å². The summed E-state index contributed by atoms with van der Waals surface area (Å²) < 4.78 is 0. The van der Waals surface area contributed by atoms with Crippen LogP contribution in [0.5, 0.6) is 0 Å². The van der Waals surface area contributed by atoms with Crippen LogP contribution in [0, 0.1) is 5.41 Å². The van der Waals surface area contributed by atoms with E-state index in [-0.39, 0.29) is 11.3 Å². The molecule has 0 saturated carbocycles. The third-order valence-electron chi connectivity index (χ3n) is 3.37. The molecule has 0 radical (unpaired) electrons. The van der Waals surface area contributed by atoms with Crippen LogP contribution in [0.4, 0.5) is 5.69 Å². The second-order valence-corrected chi connectivity index (χ2v) is 4.65. The smallest absolute Gasteiger partial charge is 0.231 e. The van der Waals surface area contributed by atoms with Gasteiger partial charge in [0.15, 0.2) is 0 Å². The van der Waals surface area contributed by atoms with E-state index < -0.39 is 0 Å². The molecule has 0 spiro atoms. The molecule has 2 rings (SSSR count). The number of hydrogen-bond donors (Lipinski definition) is 2. The number of carbonyl (C=O) groups is 1. The van der Waals surface area contributed by atoms with Gasteiger partial charge in [0.05, 0.1) is 17.3 Å². The van der Waals surface area contributed by atoms with Crippen LogP contribution in [0.15, 0.2) is 24.5 Å². The minimum absolute atomic E-state index is 0.123. The Labute approximate surface area is 102 Å². The van der Waals surface area contributed by atoms with Gasteiger partial charge in [0.25, 0.3) is 0 Å². The molecule has 1 aliphatic rings. The van der Waals surface area contributed by atoms with E-state index in [0.717, 1.165) is 38.0 Å². The van der Waals surface area contributed by atoms with Crippen molar-refractivity contribution in [2.75, 3.05) is 18.4 Å². The van der Waals surface area contributed by atoms with Crippen LogP contribution in [0.3, 0.4) is 0 Å². The summed E-state index contributed by atoms with van der Waals surface area (Å²) >= 11 is 0. The minimum atomic E-state index is -0.232. The third kappa shape index (κ3) is 2.64. The fourth-order valence-corrected chi connectivity index (χ4v) is 2.44. The molecule has 2 heterocycles. The topological polar surface area (TPSA) is 54.0 Å². The molecule has 1 amide bonds. The standard InChI is InChI=1S/C13H19N3O/c1-2-5-13(6-8-15-10-13)12(17)16-11-4-3-7-14-9-11/h3-4,7,9,15H,2,5-6,8,10H2,1H3,(H,16,17). The summed E-state index contributed by atoms with van der Waals surface area (Å²) in [7, 11) is 0. The summed E-state index contributed by atoms with van der Waals surface area (Å²) in [6, 6.07) is 3.70. The number of rotatable bonds is 4. The van der Waals surface area contributed by atoms with Crippen LogP contribution in [0.25, 0.3) is 0 Å². The number of carbonyl (C=O) groups excluding carboxylic acids is 1. The van der Waals surface area contributed by atoms with Crippen molar-refractivity contribution in [1.29, 1.82) is 0 Å². The molecule has 1 atom stereocenters. The summed E-state index contributed by atoms with van der Waals surface area (Å²) in [5.74, 6) is 0.123. The maximum absolute atomic E-state index is 12.3. The molecular weight excluding hydrogens is 214 g/mol. The van der Waals surface area contributed by atoms with Gasteiger partial charge in [-0.05, 0) is 31.5 Å². The summed E-state index contributed by atoms with van der Waals surface area (Å²) in [4.78, 5) is 16.4. The van der Waals surface area contributed by atoms with Gasteiger partial charge < -0.3 is 10.6 Å². The number of nitrogens with zero attached hydrogens (tertiary/aromatic N) is 1. The van der Waals surface area contributed by atoms with E-state index in [1.165, 1.54) is 0 Å². The summed E-state index contributed by atoms with van der Waals surface area (Å²) in [6.07, 6.45) is 6.27. The molecule has 4 nitrogen and oxygen atoms in total. The Morgan fingerprint density at radius 2 is 2.53 bits per heavy atom. The summed E-state index contributed by atoms with van der Waals surface area (Å²) in [5.41, 5.74) is 0.546. The molecule has 1 saturated heterocycles. The highest BCUT2D eigenvalue weighted by molar-refractivity contribution is 5.95. The average molecular weight is 233 g/mol. The lowest BCUT2D eigenvalue weighted by Crippen LogP contribution is -2.38. The molecule has 1 fully saturated rings. The zero-order chi connectivity index (χ0) is 12.1. The average Bonchev–Trinajstić information content (AvgIpc) is 2.81. The Hall–Kier alpha value is -1.42. The first-order chi connectivity index (χ1) is 8.27. The quantitative estimate of drug-likeness (QED) is 0.833. The Morgan fingerprint density at radius 1 is 1.65 bits per heavy atom. The predicted molar refractivity (Wildman–Crippen MR) is 67.7 cm³/mol. The predicted octanol–water partition coefficient (Wildman–Crippen LogP) is 1.80. The number of nitrogens with one attached hydrogen (secondary N) is 2. The fraction of sp³-hybridized carbons (Fsp3) is 0.538. The Morgan fingerprint density at radius 3 is 3.12 bits per heavy atom. The van der Waals surface area contributed by atoms with Crippen molar-refractivity contribution in [3.05, 3.63) is 24.5 Å². The molecule has 1 unspecified atom stereocenters. The van der Waals surface area contributed by atoms with E-state index in [9.17, 15) is 4.79 Å². The molecule has 1 aromatic rings. The van der Waals surface area contributed by atoms with Gasteiger partial charge >= 0.3 is 0 Å². The van der Waals surface area contributed by atoms with Crippen LogP contribution >= 0.6 is 0 Å². The van der Waals surface area contributed by atoms with Gasteiger partial charge in [-0.2, -0.15) is 0 Å². The molecule has 2 N–H and O–H groups in total. The Bertz CT molecular complexity index is 372. The molecule has 1 aliphatic heterocycles. The summed E-state index contributed by atoms with van der Waals surface area (Å²) in [5, 5.41) is 6.26. The van der Waals surface area contributed by atoms with Gasteiger partial charge in [0, 0.05) is 12.7 Å². The van der Waals surface area contributed by atoms with Gasteiger partial charge in [-0.3, -0.25) is 9.78 Å². The van der Waals surface area contributed by atoms with Crippen molar-refractivity contribution in [3.63, 3.8) is 0 Å². The lowest BCUT2D eigenvalue weighted by Gasteiger charge is -2.26. The van der Waals surface area contributed by atoms with Crippen LogP contribution in [0.2, 0.25) is 0 Å². The molecule has 4 heteroatoms. The first-order valence-electron chi connectivity index (χ1n) is 6.19. The van der Waals surface area contributed by atoms with Crippen molar-refractivity contribution >= 4 is 11.6 Å². The molecule has 0 bridgehead atoms. The van der Waals surface area contributed by atoms with Crippen molar-refractivity contribution < 1.29 is 4.79 Å². The normalized spacial score (nSPS) is 23.6.